The van der Waals surface area contributed by atoms with Crippen LogP contribution in [0.2, 0.25) is 0 Å². The number of amides is 1. The first-order chi connectivity index (χ1) is 7.00. The van der Waals surface area contributed by atoms with E-state index in [-0.39, 0.29) is 4.88 Å². The van der Waals surface area contributed by atoms with Crippen molar-refractivity contribution in [3.05, 3.63) is 31.3 Å². The molecule has 1 amide bonds. The number of fused-ring (bicyclic) bond motifs is 1. The number of thiophene rings is 1. The fourth-order valence-electron chi connectivity index (χ4n) is 1.41. The Labute approximate surface area is 86.7 Å². The third kappa shape index (κ3) is 1.37. The van der Waals surface area contributed by atoms with Crippen molar-refractivity contribution in [3.63, 3.8) is 0 Å². The summed E-state index contributed by atoms with van der Waals surface area (Å²) in [6.07, 6.45) is 0. The van der Waals surface area contributed by atoms with Crippen molar-refractivity contribution in [1.82, 2.24) is 9.97 Å². The number of carbonyl (C=O) groups is 1. The highest BCUT2D eigenvalue weighted by Crippen LogP contribution is 2.25. The Morgan fingerprint density at radius 3 is 2.60 bits per heavy atom. The standard InChI is InChI=1S/C8H7N3O3S/c1-2-3-6(13)10-8(14)11-7(3)15-4(2)5(9)12/h1H3,(H2,9,12)(H2,10,11,13,14). The second-order valence-electron chi connectivity index (χ2n) is 3.03. The summed E-state index contributed by atoms with van der Waals surface area (Å²) in [6, 6.07) is 0. The van der Waals surface area contributed by atoms with E-state index in [1.807, 2.05) is 0 Å². The number of aromatic nitrogens is 2. The fraction of sp³-hybridized carbons (Fsp3) is 0.125. The van der Waals surface area contributed by atoms with Crippen LogP contribution in [0.3, 0.4) is 0 Å². The van der Waals surface area contributed by atoms with Crippen LogP contribution in [0.4, 0.5) is 0 Å². The van der Waals surface area contributed by atoms with Crippen LogP contribution in [0, 0.1) is 6.92 Å². The number of nitrogens with two attached hydrogens (primary N) is 1. The van der Waals surface area contributed by atoms with Crippen LogP contribution in [0.5, 0.6) is 0 Å². The van der Waals surface area contributed by atoms with Crippen LogP contribution in [0.1, 0.15) is 15.2 Å². The predicted octanol–water partition coefficient (Wildman–Crippen LogP) is -0.315. The summed E-state index contributed by atoms with van der Waals surface area (Å²) in [6.45, 7) is 1.62. The number of rotatable bonds is 1. The number of hydrogen-bond acceptors (Lipinski definition) is 4. The number of aryl methyl sites for hydroxylation is 1. The lowest BCUT2D eigenvalue weighted by Gasteiger charge is -1.90. The molecule has 2 heterocycles. The first-order valence-corrected chi connectivity index (χ1v) is 4.88. The van der Waals surface area contributed by atoms with Crippen molar-refractivity contribution in [2.75, 3.05) is 0 Å². The maximum atomic E-state index is 11.4. The molecule has 0 unspecified atom stereocenters. The summed E-state index contributed by atoms with van der Waals surface area (Å²) in [4.78, 5) is 38.6. The quantitative estimate of drug-likeness (QED) is 0.619. The number of carbonyl (C=O) groups excluding carboxylic acids is 1. The van der Waals surface area contributed by atoms with Gasteiger partial charge in [0.15, 0.2) is 0 Å². The fourth-order valence-corrected chi connectivity index (χ4v) is 2.46. The molecule has 7 heteroatoms. The Morgan fingerprint density at radius 1 is 1.33 bits per heavy atom. The van der Waals surface area contributed by atoms with Gasteiger partial charge in [0.2, 0.25) is 0 Å². The molecule has 6 nitrogen and oxygen atoms in total. The molecule has 2 aromatic heterocycles. The first-order valence-electron chi connectivity index (χ1n) is 4.06. The van der Waals surface area contributed by atoms with Crippen LogP contribution in [0.15, 0.2) is 9.59 Å². The minimum Gasteiger partial charge on any atom is -0.365 e. The Hall–Kier alpha value is -1.89. The van der Waals surface area contributed by atoms with E-state index < -0.39 is 17.2 Å². The lowest BCUT2D eigenvalue weighted by Crippen LogP contribution is -2.21. The Morgan fingerprint density at radius 2 is 2.00 bits per heavy atom. The molecule has 0 radical (unpaired) electrons. The maximum absolute atomic E-state index is 11.4. The maximum Gasteiger partial charge on any atom is 0.326 e. The lowest BCUT2D eigenvalue weighted by molar-refractivity contribution is 0.100. The number of hydrogen-bond donors (Lipinski definition) is 3. The van der Waals surface area contributed by atoms with Gasteiger partial charge >= 0.3 is 5.69 Å². The number of primary amides is 1. The molecule has 78 valence electrons. The molecule has 0 spiro atoms. The summed E-state index contributed by atoms with van der Waals surface area (Å²) in [5, 5.41) is 0.313. The monoisotopic (exact) mass is 225 g/mol. The summed E-state index contributed by atoms with van der Waals surface area (Å²) >= 11 is 1.01. The molecule has 2 rings (SSSR count). The van der Waals surface area contributed by atoms with E-state index in [1.54, 1.807) is 6.92 Å². The number of aromatic amines is 2. The van der Waals surface area contributed by atoms with E-state index in [1.165, 1.54) is 0 Å². The van der Waals surface area contributed by atoms with E-state index in [0.29, 0.717) is 15.8 Å². The first kappa shape index (κ1) is 9.66. The molecule has 0 atom stereocenters. The molecular formula is C8H7N3O3S. The van der Waals surface area contributed by atoms with Gasteiger partial charge in [-0.1, -0.05) is 0 Å². The van der Waals surface area contributed by atoms with Gasteiger partial charge in [0, 0.05) is 0 Å². The topological polar surface area (TPSA) is 109 Å². The molecule has 0 bridgehead atoms. The summed E-state index contributed by atoms with van der Waals surface area (Å²) in [5.41, 5.74) is 4.54. The predicted molar refractivity (Wildman–Crippen MR) is 56.3 cm³/mol. The molecule has 15 heavy (non-hydrogen) atoms. The van der Waals surface area contributed by atoms with Crippen LogP contribution in [-0.2, 0) is 0 Å². The normalized spacial score (nSPS) is 10.7. The molecule has 0 saturated heterocycles. The van der Waals surface area contributed by atoms with Gasteiger partial charge in [-0.2, -0.15) is 0 Å². The zero-order chi connectivity index (χ0) is 11.2. The van der Waals surface area contributed by atoms with E-state index in [2.05, 4.69) is 9.97 Å². The number of nitrogens with one attached hydrogen (secondary N) is 2. The van der Waals surface area contributed by atoms with Crippen LogP contribution < -0.4 is 17.0 Å². The van der Waals surface area contributed by atoms with Crippen molar-refractivity contribution in [2.24, 2.45) is 5.73 Å². The van der Waals surface area contributed by atoms with Gasteiger partial charge in [-0.25, -0.2) is 4.79 Å². The molecule has 0 aromatic carbocycles. The Balaban J connectivity index is 3.01. The zero-order valence-corrected chi connectivity index (χ0v) is 8.53. The average molecular weight is 225 g/mol. The van der Waals surface area contributed by atoms with Crippen LogP contribution in [-0.4, -0.2) is 15.9 Å². The van der Waals surface area contributed by atoms with Crippen molar-refractivity contribution >= 4 is 27.5 Å². The third-order valence-corrected chi connectivity index (χ3v) is 3.27. The smallest absolute Gasteiger partial charge is 0.326 e. The van der Waals surface area contributed by atoms with Gasteiger partial charge in [0.05, 0.1) is 10.3 Å². The van der Waals surface area contributed by atoms with Crippen LogP contribution >= 0.6 is 11.3 Å². The zero-order valence-electron chi connectivity index (χ0n) is 7.71. The van der Waals surface area contributed by atoms with E-state index in [9.17, 15) is 14.4 Å². The average Bonchev–Trinajstić information content (AvgIpc) is 2.42. The number of H-pyrrole nitrogens is 2. The highest BCUT2D eigenvalue weighted by atomic mass is 32.1. The molecule has 0 aliphatic heterocycles. The van der Waals surface area contributed by atoms with E-state index in [0.717, 1.165) is 11.3 Å². The minimum atomic E-state index is -0.603. The van der Waals surface area contributed by atoms with E-state index in [4.69, 9.17) is 5.73 Å². The van der Waals surface area contributed by atoms with Gasteiger partial charge in [0.1, 0.15) is 4.83 Å². The third-order valence-electron chi connectivity index (χ3n) is 2.05. The molecule has 0 fully saturated rings. The SMILES string of the molecule is Cc1c(C(N)=O)sc2[nH]c(=O)[nH]c(=O)c12. The minimum absolute atomic E-state index is 0.289. The molecule has 0 saturated carbocycles. The molecule has 4 N–H and O–H groups in total. The van der Waals surface area contributed by atoms with Crippen molar-refractivity contribution in [1.29, 1.82) is 0 Å². The van der Waals surface area contributed by atoms with Gasteiger partial charge in [-0.15, -0.1) is 11.3 Å². The molecule has 2 aromatic rings. The van der Waals surface area contributed by atoms with Gasteiger partial charge in [-0.05, 0) is 12.5 Å². The highest BCUT2D eigenvalue weighted by Gasteiger charge is 2.15. The largest absolute Gasteiger partial charge is 0.365 e. The molecule has 0 aliphatic rings. The summed E-state index contributed by atoms with van der Waals surface area (Å²) in [7, 11) is 0. The Kier molecular flexibility index (Phi) is 1.97. The second-order valence-corrected chi connectivity index (χ2v) is 4.05. The van der Waals surface area contributed by atoms with Gasteiger partial charge in [-0.3, -0.25) is 19.6 Å². The van der Waals surface area contributed by atoms with Crippen molar-refractivity contribution in [2.45, 2.75) is 6.92 Å². The van der Waals surface area contributed by atoms with Gasteiger partial charge in [0.25, 0.3) is 11.5 Å². The Bertz CT molecular complexity index is 664. The highest BCUT2D eigenvalue weighted by molar-refractivity contribution is 7.20. The molecule has 0 aliphatic carbocycles. The lowest BCUT2D eigenvalue weighted by atomic mass is 10.2. The van der Waals surface area contributed by atoms with Crippen LogP contribution in [0.25, 0.3) is 10.2 Å². The van der Waals surface area contributed by atoms with Crippen molar-refractivity contribution < 1.29 is 4.79 Å². The second kappa shape index (κ2) is 3.06. The van der Waals surface area contributed by atoms with Gasteiger partial charge < -0.3 is 5.73 Å². The van der Waals surface area contributed by atoms with E-state index >= 15 is 0 Å². The van der Waals surface area contributed by atoms with Crippen molar-refractivity contribution in [3.8, 4) is 0 Å². The summed E-state index contributed by atoms with van der Waals surface area (Å²) < 4.78 is 0. The summed E-state index contributed by atoms with van der Waals surface area (Å²) in [5.74, 6) is -0.603. The molecular weight excluding hydrogens is 218 g/mol.